The molecule has 2 aliphatic rings. The normalized spacial score (nSPS) is 24.0. The molecule has 1 saturated heterocycles. The largest absolute Gasteiger partial charge is 0.496 e. The first-order valence-electron chi connectivity index (χ1n) is 8.25. The van der Waals surface area contributed by atoms with Gasteiger partial charge < -0.3 is 9.64 Å². The summed E-state index contributed by atoms with van der Waals surface area (Å²) in [5, 5.41) is 10.9. The lowest BCUT2D eigenvalue weighted by Gasteiger charge is -2.44. The van der Waals surface area contributed by atoms with E-state index in [4.69, 9.17) is 4.74 Å². The second kappa shape index (κ2) is 6.56. The van der Waals surface area contributed by atoms with Gasteiger partial charge >= 0.3 is 0 Å². The Bertz CT molecular complexity index is 615. The molecule has 0 aromatic heterocycles. The summed E-state index contributed by atoms with van der Waals surface area (Å²) in [5.74, 6) is 0.820. The van der Waals surface area contributed by atoms with Crippen molar-refractivity contribution in [1.29, 1.82) is 0 Å². The number of ether oxygens (including phenoxy) is 1. The standard InChI is InChI=1S/C17H22N2O4/c1-23-16-11-13(19(21)22)8-9-14(16)17(20)18-10-4-6-12-5-2-3-7-15(12)18/h8-9,11-12,15H,2-7,10H2,1H3/t12-,15+/m1/s1. The van der Waals surface area contributed by atoms with Gasteiger partial charge in [-0.2, -0.15) is 0 Å². The number of nitro benzene ring substituents is 1. The zero-order valence-corrected chi connectivity index (χ0v) is 13.4. The van der Waals surface area contributed by atoms with E-state index < -0.39 is 4.92 Å². The van der Waals surface area contributed by atoms with Gasteiger partial charge in [0.05, 0.1) is 23.7 Å². The summed E-state index contributed by atoms with van der Waals surface area (Å²) < 4.78 is 5.23. The van der Waals surface area contributed by atoms with Crippen LogP contribution in [0.1, 0.15) is 48.9 Å². The van der Waals surface area contributed by atoms with E-state index >= 15 is 0 Å². The number of benzene rings is 1. The monoisotopic (exact) mass is 318 g/mol. The van der Waals surface area contributed by atoms with Crippen molar-refractivity contribution in [2.75, 3.05) is 13.7 Å². The summed E-state index contributed by atoms with van der Waals surface area (Å²) in [6.45, 7) is 0.764. The number of amides is 1. The minimum absolute atomic E-state index is 0.0617. The molecule has 1 aromatic carbocycles. The average molecular weight is 318 g/mol. The summed E-state index contributed by atoms with van der Waals surface area (Å²) >= 11 is 0. The van der Waals surface area contributed by atoms with Crippen LogP contribution in [0.5, 0.6) is 5.75 Å². The second-order valence-electron chi connectivity index (χ2n) is 6.39. The maximum atomic E-state index is 13.0. The van der Waals surface area contributed by atoms with E-state index in [1.165, 1.54) is 51.0 Å². The highest BCUT2D eigenvalue weighted by atomic mass is 16.6. The molecule has 1 saturated carbocycles. The van der Waals surface area contributed by atoms with Crippen LogP contribution in [-0.4, -0.2) is 35.4 Å². The summed E-state index contributed by atoms with van der Waals surface area (Å²) in [7, 11) is 1.44. The van der Waals surface area contributed by atoms with E-state index in [2.05, 4.69) is 0 Å². The fourth-order valence-electron chi connectivity index (χ4n) is 4.00. The number of hydrogen-bond acceptors (Lipinski definition) is 4. The molecule has 2 fully saturated rings. The first-order valence-corrected chi connectivity index (χ1v) is 8.25. The Hall–Kier alpha value is -2.11. The lowest BCUT2D eigenvalue weighted by atomic mass is 9.78. The number of hydrogen-bond donors (Lipinski definition) is 0. The van der Waals surface area contributed by atoms with Gasteiger partial charge in [-0.3, -0.25) is 14.9 Å². The van der Waals surface area contributed by atoms with Crippen LogP contribution in [0.3, 0.4) is 0 Å². The van der Waals surface area contributed by atoms with Gasteiger partial charge in [-0.25, -0.2) is 0 Å². The molecule has 2 atom stereocenters. The van der Waals surface area contributed by atoms with E-state index in [-0.39, 0.29) is 17.3 Å². The van der Waals surface area contributed by atoms with Gasteiger partial charge in [0.25, 0.3) is 11.6 Å². The van der Waals surface area contributed by atoms with Crippen LogP contribution in [0.15, 0.2) is 18.2 Å². The zero-order chi connectivity index (χ0) is 16.4. The molecule has 1 aliphatic heterocycles. The number of methoxy groups -OCH3 is 1. The molecule has 1 aromatic rings. The Labute approximate surface area is 135 Å². The SMILES string of the molecule is COc1cc([N+](=O)[O-])ccc1C(=O)N1CCC[C@H]2CCCC[C@@H]21. The van der Waals surface area contributed by atoms with Gasteiger partial charge in [0.15, 0.2) is 0 Å². The van der Waals surface area contributed by atoms with Crippen LogP contribution in [-0.2, 0) is 0 Å². The van der Waals surface area contributed by atoms with Crippen molar-refractivity contribution >= 4 is 11.6 Å². The number of piperidine rings is 1. The third-order valence-electron chi connectivity index (χ3n) is 5.13. The van der Waals surface area contributed by atoms with Crippen molar-refractivity contribution in [3.05, 3.63) is 33.9 Å². The van der Waals surface area contributed by atoms with E-state index in [0.29, 0.717) is 17.5 Å². The number of fused-ring (bicyclic) bond motifs is 1. The quantitative estimate of drug-likeness (QED) is 0.632. The van der Waals surface area contributed by atoms with Gasteiger partial charge in [0.1, 0.15) is 5.75 Å². The summed E-state index contributed by atoms with van der Waals surface area (Å²) in [4.78, 5) is 25.4. The number of nitrogens with zero attached hydrogens (tertiary/aromatic N) is 2. The van der Waals surface area contributed by atoms with Crippen molar-refractivity contribution < 1.29 is 14.5 Å². The maximum Gasteiger partial charge on any atom is 0.273 e. The number of nitro groups is 1. The number of non-ortho nitro benzene ring substituents is 1. The van der Waals surface area contributed by atoms with Gasteiger partial charge in [-0.1, -0.05) is 12.8 Å². The third-order valence-corrected chi connectivity index (χ3v) is 5.13. The molecule has 1 amide bonds. The Morgan fingerprint density at radius 3 is 2.74 bits per heavy atom. The van der Waals surface area contributed by atoms with E-state index in [1.807, 2.05) is 4.90 Å². The van der Waals surface area contributed by atoms with E-state index in [1.54, 1.807) is 0 Å². The highest BCUT2D eigenvalue weighted by Crippen LogP contribution is 2.37. The molecule has 1 aliphatic carbocycles. The number of carbonyl (C=O) groups is 1. The summed E-state index contributed by atoms with van der Waals surface area (Å²) in [5.41, 5.74) is 0.358. The molecule has 0 unspecified atom stereocenters. The van der Waals surface area contributed by atoms with Crippen LogP contribution in [0, 0.1) is 16.0 Å². The fourth-order valence-corrected chi connectivity index (χ4v) is 4.00. The minimum atomic E-state index is -0.477. The first-order chi connectivity index (χ1) is 11.1. The topological polar surface area (TPSA) is 72.7 Å². The highest BCUT2D eigenvalue weighted by Gasteiger charge is 2.36. The fraction of sp³-hybridized carbons (Fsp3) is 0.588. The molecule has 124 valence electrons. The molecule has 3 rings (SSSR count). The van der Waals surface area contributed by atoms with E-state index in [0.717, 1.165) is 19.4 Å². The number of rotatable bonds is 3. The first kappa shape index (κ1) is 15.8. The van der Waals surface area contributed by atoms with Crippen molar-refractivity contribution in [3.8, 4) is 5.75 Å². The molecule has 0 N–H and O–H groups in total. The molecule has 0 bridgehead atoms. The molecule has 6 nitrogen and oxygen atoms in total. The van der Waals surface area contributed by atoms with Crippen molar-refractivity contribution in [2.24, 2.45) is 5.92 Å². The van der Waals surface area contributed by atoms with Crippen molar-refractivity contribution in [2.45, 2.75) is 44.6 Å². The predicted molar refractivity (Wildman–Crippen MR) is 85.7 cm³/mol. The van der Waals surface area contributed by atoms with Crippen LogP contribution in [0.2, 0.25) is 0 Å². The molecule has 0 spiro atoms. The Morgan fingerprint density at radius 1 is 1.26 bits per heavy atom. The van der Waals surface area contributed by atoms with Gasteiger partial charge in [-0.05, 0) is 37.7 Å². The lowest BCUT2D eigenvalue weighted by molar-refractivity contribution is -0.384. The zero-order valence-electron chi connectivity index (χ0n) is 13.4. The molecular formula is C17H22N2O4. The molecule has 6 heteroatoms. The Kier molecular flexibility index (Phi) is 4.50. The molecule has 23 heavy (non-hydrogen) atoms. The maximum absolute atomic E-state index is 13.0. The summed E-state index contributed by atoms with van der Waals surface area (Å²) in [6, 6.07) is 4.53. The van der Waals surface area contributed by atoms with Gasteiger partial charge in [0.2, 0.25) is 0 Å². The van der Waals surface area contributed by atoms with Gasteiger partial charge in [-0.15, -0.1) is 0 Å². The Morgan fingerprint density at radius 2 is 2.00 bits per heavy atom. The predicted octanol–water partition coefficient (Wildman–Crippen LogP) is 3.40. The lowest BCUT2D eigenvalue weighted by Crippen LogP contribution is -2.49. The highest BCUT2D eigenvalue weighted by molar-refractivity contribution is 5.97. The van der Waals surface area contributed by atoms with Crippen molar-refractivity contribution in [1.82, 2.24) is 4.90 Å². The number of carbonyl (C=O) groups excluding carboxylic acids is 1. The van der Waals surface area contributed by atoms with Crippen molar-refractivity contribution in [3.63, 3.8) is 0 Å². The van der Waals surface area contributed by atoms with Crippen LogP contribution in [0.25, 0.3) is 0 Å². The Balaban J connectivity index is 1.88. The van der Waals surface area contributed by atoms with Crippen LogP contribution >= 0.6 is 0 Å². The van der Waals surface area contributed by atoms with Crippen LogP contribution < -0.4 is 4.74 Å². The average Bonchev–Trinajstić information content (AvgIpc) is 2.60. The molecule has 0 radical (unpaired) electrons. The van der Waals surface area contributed by atoms with E-state index in [9.17, 15) is 14.9 Å². The third kappa shape index (κ3) is 3.02. The second-order valence-corrected chi connectivity index (χ2v) is 6.39. The molecular weight excluding hydrogens is 296 g/mol. The molecule has 1 heterocycles. The summed E-state index contributed by atoms with van der Waals surface area (Å²) in [6.07, 6.45) is 6.91. The van der Waals surface area contributed by atoms with Crippen LogP contribution in [0.4, 0.5) is 5.69 Å². The minimum Gasteiger partial charge on any atom is -0.496 e. The smallest absolute Gasteiger partial charge is 0.273 e. The van der Waals surface area contributed by atoms with Gasteiger partial charge in [0, 0.05) is 18.7 Å². The number of likely N-dealkylation sites (tertiary alicyclic amines) is 1.